The van der Waals surface area contributed by atoms with E-state index in [0.29, 0.717) is 11.8 Å². The first-order valence-electron chi connectivity index (χ1n) is 4.28. The average Bonchev–Trinajstić information content (AvgIpc) is 2.62. The van der Waals surface area contributed by atoms with Crippen LogP contribution in [0.1, 0.15) is 12.8 Å². The molecule has 0 aromatic heterocycles. The van der Waals surface area contributed by atoms with E-state index >= 15 is 0 Å². The van der Waals surface area contributed by atoms with Crippen LogP contribution in [0.4, 0.5) is 0 Å². The van der Waals surface area contributed by atoms with Crippen LogP contribution in [-0.4, -0.2) is 13.1 Å². The van der Waals surface area contributed by atoms with E-state index in [-0.39, 0.29) is 5.97 Å². The lowest BCUT2D eigenvalue weighted by molar-refractivity contribution is -0.136. The van der Waals surface area contributed by atoms with Gasteiger partial charge in [0.05, 0.1) is 7.11 Å². The molecule has 2 aliphatic carbocycles. The summed E-state index contributed by atoms with van der Waals surface area (Å²) in [5.41, 5.74) is 0.858. The van der Waals surface area contributed by atoms with Gasteiger partial charge in [0.15, 0.2) is 0 Å². The zero-order valence-electron chi connectivity index (χ0n) is 7.12. The lowest BCUT2D eigenvalue weighted by Gasteiger charge is -2.10. The topological polar surface area (TPSA) is 26.3 Å². The summed E-state index contributed by atoms with van der Waals surface area (Å²) in [6.07, 6.45) is 8.44. The summed E-state index contributed by atoms with van der Waals surface area (Å²) in [5.74, 6) is 0.825. The van der Waals surface area contributed by atoms with Gasteiger partial charge in [-0.25, -0.2) is 4.79 Å². The number of carbonyl (C=O) groups is 1. The fourth-order valence-electron chi connectivity index (χ4n) is 2.06. The first-order valence-corrected chi connectivity index (χ1v) is 4.28. The number of ether oxygens (including phenoxy) is 1. The van der Waals surface area contributed by atoms with Crippen LogP contribution in [-0.2, 0) is 9.53 Å². The predicted molar refractivity (Wildman–Crippen MR) is 45.5 cm³/mol. The normalized spacial score (nSPS) is 31.6. The fourth-order valence-corrected chi connectivity index (χ4v) is 2.06. The molecular formula is C10H12O2. The molecule has 2 rings (SSSR count). The van der Waals surface area contributed by atoms with E-state index < -0.39 is 0 Å². The molecule has 0 spiro atoms. The third-order valence-corrected chi connectivity index (χ3v) is 2.71. The third kappa shape index (κ3) is 0.986. The molecule has 2 aliphatic rings. The van der Waals surface area contributed by atoms with Crippen molar-refractivity contribution < 1.29 is 9.53 Å². The number of allylic oxidation sites excluding steroid dienone is 3. The number of hydrogen-bond donors (Lipinski definition) is 0. The summed E-state index contributed by atoms with van der Waals surface area (Å²) in [6, 6.07) is 0. The lowest BCUT2D eigenvalue weighted by Crippen LogP contribution is -2.12. The quantitative estimate of drug-likeness (QED) is 0.435. The number of methoxy groups -OCH3 is 1. The van der Waals surface area contributed by atoms with Gasteiger partial charge in [-0.3, -0.25) is 0 Å². The van der Waals surface area contributed by atoms with Crippen LogP contribution in [0, 0.1) is 11.8 Å². The van der Waals surface area contributed by atoms with Crippen molar-refractivity contribution in [3.05, 3.63) is 23.8 Å². The van der Waals surface area contributed by atoms with Crippen molar-refractivity contribution in [2.24, 2.45) is 11.8 Å². The van der Waals surface area contributed by atoms with Crippen molar-refractivity contribution >= 4 is 5.97 Å². The van der Waals surface area contributed by atoms with E-state index in [4.69, 9.17) is 4.74 Å². The van der Waals surface area contributed by atoms with E-state index in [0.717, 1.165) is 18.4 Å². The molecule has 0 radical (unpaired) electrons. The van der Waals surface area contributed by atoms with E-state index in [1.165, 1.54) is 7.11 Å². The van der Waals surface area contributed by atoms with Crippen LogP contribution in [0.15, 0.2) is 23.8 Å². The minimum Gasteiger partial charge on any atom is -0.466 e. The van der Waals surface area contributed by atoms with Gasteiger partial charge in [-0.2, -0.15) is 0 Å². The standard InChI is InChI=1S/C10H12O2/c1-12-10(11)9-6-5-7-3-2-4-8(7)9/h2,4,6-8H,3,5H2,1H3/t7-,8-/m1/s1. The molecule has 0 aliphatic heterocycles. The molecule has 0 heterocycles. The zero-order chi connectivity index (χ0) is 8.55. The predicted octanol–water partition coefficient (Wildman–Crippen LogP) is 1.68. The third-order valence-electron chi connectivity index (χ3n) is 2.71. The molecule has 64 valence electrons. The van der Waals surface area contributed by atoms with Crippen molar-refractivity contribution in [1.29, 1.82) is 0 Å². The number of fused-ring (bicyclic) bond motifs is 1. The second-order valence-electron chi connectivity index (χ2n) is 3.34. The monoisotopic (exact) mass is 164 g/mol. The van der Waals surface area contributed by atoms with Crippen LogP contribution >= 0.6 is 0 Å². The summed E-state index contributed by atoms with van der Waals surface area (Å²) >= 11 is 0. The lowest BCUT2D eigenvalue weighted by atomic mass is 9.95. The van der Waals surface area contributed by atoms with Gasteiger partial charge in [0, 0.05) is 11.5 Å². The first-order chi connectivity index (χ1) is 5.83. The molecule has 2 atom stereocenters. The maximum Gasteiger partial charge on any atom is 0.334 e. The molecule has 0 aromatic rings. The molecule has 0 saturated heterocycles. The van der Waals surface area contributed by atoms with Gasteiger partial charge in [0.2, 0.25) is 0 Å². The smallest absolute Gasteiger partial charge is 0.334 e. The van der Waals surface area contributed by atoms with Crippen molar-refractivity contribution in [2.45, 2.75) is 12.8 Å². The highest BCUT2D eigenvalue weighted by Gasteiger charge is 2.33. The molecule has 0 N–H and O–H groups in total. The Bertz CT molecular complexity index is 263. The van der Waals surface area contributed by atoms with E-state index in [9.17, 15) is 4.79 Å². The molecule has 0 fully saturated rings. The summed E-state index contributed by atoms with van der Waals surface area (Å²) in [7, 11) is 1.44. The maximum absolute atomic E-state index is 11.2. The second-order valence-corrected chi connectivity index (χ2v) is 3.34. The maximum atomic E-state index is 11.2. The van der Waals surface area contributed by atoms with E-state index in [1.807, 2.05) is 6.08 Å². The summed E-state index contributed by atoms with van der Waals surface area (Å²) in [4.78, 5) is 11.2. The SMILES string of the molecule is COC(=O)C1=CC[C@H]2CC=C[C@@H]12. The molecule has 0 aromatic carbocycles. The number of hydrogen-bond acceptors (Lipinski definition) is 2. The molecule has 0 unspecified atom stereocenters. The molecule has 2 nitrogen and oxygen atoms in total. The van der Waals surface area contributed by atoms with Crippen LogP contribution in [0.25, 0.3) is 0 Å². The van der Waals surface area contributed by atoms with Crippen LogP contribution in [0.5, 0.6) is 0 Å². The Morgan fingerprint density at radius 3 is 3.17 bits per heavy atom. The Morgan fingerprint density at radius 1 is 1.58 bits per heavy atom. The van der Waals surface area contributed by atoms with Crippen LogP contribution < -0.4 is 0 Å². The highest BCUT2D eigenvalue weighted by Crippen LogP contribution is 2.39. The minimum absolute atomic E-state index is 0.158. The Labute approximate surface area is 71.9 Å². The van der Waals surface area contributed by atoms with E-state index in [1.54, 1.807) is 0 Å². The zero-order valence-corrected chi connectivity index (χ0v) is 7.12. The fraction of sp³-hybridized carbons (Fsp3) is 0.500. The van der Waals surface area contributed by atoms with Gasteiger partial charge in [0.25, 0.3) is 0 Å². The van der Waals surface area contributed by atoms with Crippen molar-refractivity contribution in [3.63, 3.8) is 0 Å². The molecular weight excluding hydrogens is 152 g/mol. The summed E-state index contributed by atoms with van der Waals surface area (Å²) in [6.45, 7) is 0. The largest absolute Gasteiger partial charge is 0.466 e. The van der Waals surface area contributed by atoms with Crippen LogP contribution in [0.3, 0.4) is 0 Å². The van der Waals surface area contributed by atoms with Gasteiger partial charge in [-0.1, -0.05) is 18.2 Å². The number of carbonyl (C=O) groups excluding carboxylic acids is 1. The Balaban J connectivity index is 2.17. The second kappa shape index (κ2) is 2.77. The van der Waals surface area contributed by atoms with Gasteiger partial charge in [0.1, 0.15) is 0 Å². The molecule has 0 amide bonds. The number of esters is 1. The average molecular weight is 164 g/mol. The Kier molecular flexibility index (Phi) is 1.75. The first kappa shape index (κ1) is 7.59. The van der Waals surface area contributed by atoms with Crippen molar-refractivity contribution in [2.75, 3.05) is 7.11 Å². The Morgan fingerprint density at radius 2 is 2.42 bits per heavy atom. The highest BCUT2D eigenvalue weighted by molar-refractivity contribution is 5.90. The van der Waals surface area contributed by atoms with Gasteiger partial charge < -0.3 is 4.74 Å². The highest BCUT2D eigenvalue weighted by atomic mass is 16.5. The van der Waals surface area contributed by atoms with Gasteiger partial charge in [-0.05, 0) is 18.8 Å². The van der Waals surface area contributed by atoms with Gasteiger partial charge >= 0.3 is 5.97 Å². The molecule has 12 heavy (non-hydrogen) atoms. The summed E-state index contributed by atoms with van der Waals surface area (Å²) in [5, 5.41) is 0. The van der Waals surface area contributed by atoms with Crippen molar-refractivity contribution in [1.82, 2.24) is 0 Å². The molecule has 0 saturated carbocycles. The summed E-state index contributed by atoms with van der Waals surface area (Å²) < 4.78 is 4.70. The molecule has 2 heteroatoms. The Hall–Kier alpha value is -1.05. The minimum atomic E-state index is -0.158. The van der Waals surface area contributed by atoms with Gasteiger partial charge in [-0.15, -0.1) is 0 Å². The number of rotatable bonds is 1. The molecule has 0 bridgehead atoms. The van der Waals surface area contributed by atoms with Crippen molar-refractivity contribution in [3.8, 4) is 0 Å². The van der Waals surface area contributed by atoms with E-state index in [2.05, 4.69) is 12.2 Å². The van der Waals surface area contributed by atoms with Crippen LogP contribution in [0.2, 0.25) is 0 Å².